The lowest BCUT2D eigenvalue weighted by Gasteiger charge is -2.10. The van der Waals surface area contributed by atoms with Crippen molar-refractivity contribution < 1.29 is 0 Å². The van der Waals surface area contributed by atoms with Crippen LogP contribution < -0.4 is 5.32 Å². The first-order chi connectivity index (χ1) is 6.83. The molecule has 80 valence electrons. The SMILES string of the molecule is CCNCCC(C)CCc1cccs1. The van der Waals surface area contributed by atoms with Crippen molar-refractivity contribution in [3.63, 3.8) is 0 Å². The summed E-state index contributed by atoms with van der Waals surface area (Å²) >= 11 is 1.88. The Balaban J connectivity index is 2.06. The van der Waals surface area contributed by atoms with E-state index >= 15 is 0 Å². The number of aryl methyl sites for hydroxylation is 1. The first-order valence-corrected chi connectivity index (χ1v) is 6.44. The third-order valence-electron chi connectivity index (χ3n) is 2.53. The maximum absolute atomic E-state index is 3.37. The minimum atomic E-state index is 0.844. The Bertz CT molecular complexity index is 218. The predicted molar refractivity (Wildman–Crippen MR) is 65.0 cm³/mol. The van der Waals surface area contributed by atoms with Crippen LogP contribution in [0.15, 0.2) is 17.5 Å². The predicted octanol–water partition coefficient (Wildman–Crippen LogP) is 3.32. The molecule has 0 saturated carbocycles. The first-order valence-electron chi connectivity index (χ1n) is 5.56. The molecule has 0 aromatic carbocycles. The third-order valence-corrected chi connectivity index (χ3v) is 3.46. The van der Waals surface area contributed by atoms with Crippen LogP contribution in [0.2, 0.25) is 0 Å². The third kappa shape index (κ3) is 4.77. The van der Waals surface area contributed by atoms with Crippen molar-refractivity contribution in [2.75, 3.05) is 13.1 Å². The van der Waals surface area contributed by atoms with Crippen LogP contribution in [-0.2, 0) is 6.42 Å². The van der Waals surface area contributed by atoms with Gasteiger partial charge in [-0.05, 0) is 49.7 Å². The second-order valence-electron chi connectivity index (χ2n) is 3.87. The normalized spacial score (nSPS) is 13.0. The molecule has 0 spiro atoms. The number of rotatable bonds is 7. The molecule has 0 fully saturated rings. The highest BCUT2D eigenvalue weighted by molar-refractivity contribution is 7.09. The molecule has 1 N–H and O–H groups in total. The minimum absolute atomic E-state index is 0.844. The summed E-state index contributed by atoms with van der Waals surface area (Å²) in [5.74, 6) is 0.844. The molecule has 1 unspecified atom stereocenters. The average Bonchev–Trinajstić information content (AvgIpc) is 2.68. The number of hydrogen-bond donors (Lipinski definition) is 1. The summed E-state index contributed by atoms with van der Waals surface area (Å²) in [4.78, 5) is 1.53. The molecule has 14 heavy (non-hydrogen) atoms. The van der Waals surface area contributed by atoms with Gasteiger partial charge in [0.25, 0.3) is 0 Å². The van der Waals surface area contributed by atoms with Gasteiger partial charge in [-0.2, -0.15) is 0 Å². The Kier molecular flexibility index (Phi) is 5.88. The topological polar surface area (TPSA) is 12.0 Å². The van der Waals surface area contributed by atoms with Crippen LogP contribution in [0.3, 0.4) is 0 Å². The molecule has 0 aliphatic carbocycles. The van der Waals surface area contributed by atoms with Crippen molar-refractivity contribution in [3.8, 4) is 0 Å². The summed E-state index contributed by atoms with van der Waals surface area (Å²) < 4.78 is 0. The minimum Gasteiger partial charge on any atom is -0.317 e. The largest absolute Gasteiger partial charge is 0.317 e. The Morgan fingerprint density at radius 2 is 2.29 bits per heavy atom. The molecule has 1 aromatic rings. The maximum Gasteiger partial charge on any atom is 0.00453 e. The lowest BCUT2D eigenvalue weighted by atomic mass is 10.0. The molecule has 0 aliphatic heterocycles. The molecule has 0 radical (unpaired) electrons. The van der Waals surface area contributed by atoms with Gasteiger partial charge in [0.2, 0.25) is 0 Å². The molecule has 0 bridgehead atoms. The van der Waals surface area contributed by atoms with Gasteiger partial charge < -0.3 is 5.32 Å². The Morgan fingerprint density at radius 3 is 2.93 bits per heavy atom. The smallest absolute Gasteiger partial charge is 0.00453 e. The van der Waals surface area contributed by atoms with Gasteiger partial charge in [0, 0.05) is 4.88 Å². The van der Waals surface area contributed by atoms with E-state index in [4.69, 9.17) is 0 Å². The van der Waals surface area contributed by atoms with Crippen LogP contribution in [0.5, 0.6) is 0 Å². The van der Waals surface area contributed by atoms with E-state index < -0.39 is 0 Å². The zero-order chi connectivity index (χ0) is 10.2. The van der Waals surface area contributed by atoms with Crippen LogP contribution in [0.1, 0.15) is 31.6 Å². The molecular weight excluding hydrogens is 190 g/mol. The molecule has 0 amide bonds. The van der Waals surface area contributed by atoms with Crippen LogP contribution >= 0.6 is 11.3 Å². The van der Waals surface area contributed by atoms with E-state index in [9.17, 15) is 0 Å². The van der Waals surface area contributed by atoms with Crippen LogP contribution in [-0.4, -0.2) is 13.1 Å². The van der Waals surface area contributed by atoms with Gasteiger partial charge in [0.05, 0.1) is 0 Å². The molecular formula is C12H21NS. The second-order valence-corrected chi connectivity index (χ2v) is 4.90. The van der Waals surface area contributed by atoms with Crippen molar-refractivity contribution in [2.45, 2.75) is 33.1 Å². The summed E-state index contributed by atoms with van der Waals surface area (Å²) in [6.07, 6.45) is 3.89. The van der Waals surface area contributed by atoms with Gasteiger partial charge in [-0.3, -0.25) is 0 Å². The lowest BCUT2D eigenvalue weighted by Crippen LogP contribution is -2.16. The zero-order valence-electron chi connectivity index (χ0n) is 9.25. The van der Waals surface area contributed by atoms with E-state index in [1.165, 1.54) is 30.7 Å². The highest BCUT2D eigenvalue weighted by atomic mass is 32.1. The van der Waals surface area contributed by atoms with Crippen LogP contribution in [0.25, 0.3) is 0 Å². The molecule has 1 aromatic heterocycles. The van der Waals surface area contributed by atoms with Crippen molar-refractivity contribution >= 4 is 11.3 Å². The van der Waals surface area contributed by atoms with Crippen molar-refractivity contribution in [1.29, 1.82) is 0 Å². The lowest BCUT2D eigenvalue weighted by molar-refractivity contribution is 0.475. The van der Waals surface area contributed by atoms with E-state index in [-0.39, 0.29) is 0 Å². The Morgan fingerprint density at radius 1 is 1.43 bits per heavy atom. The van der Waals surface area contributed by atoms with Gasteiger partial charge in [-0.25, -0.2) is 0 Å². The molecule has 1 atom stereocenters. The molecule has 1 rings (SSSR count). The highest BCUT2D eigenvalue weighted by Gasteiger charge is 2.02. The summed E-state index contributed by atoms with van der Waals surface area (Å²) in [6, 6.07) is 4.38. The molecule has 2 heteroatoms. The number of thiophene rings is 1. The standard InChI is InChI=1S/C12H21NS/c1-3-13-9-8-11(2)6-7-12-5-4-10-14-12/h4-5,10-11,13H,3,6-9H2,1-2H3. The Labute approximate surface area is 91.5 Å². The summed E-state index contributed by atoms with van der Waals surface area (Å²) in [7, 11) is 0. The Hall–Kier alpha value is -0.340. The highest BCUT2D eigenvalue weighted by Crippen LogP contribution is 2.15. The maximum atomic E-state index is 3.37. The fourth-order valence-corrected chi connectivity index (χ4v) is 2.24. The van der Waals surface area contributed by atoms with Gasteiger partial charge in [-0.15, -0.1) is 11.3 Å². The number of nitrogens with one attached hydrogen (secondary N) is 1. The van der Waals surface area contributed by atoms with E-state index in [1.807, 2.05) is 11.3 Å². The van der Waals surface area contributed by atoms with E-state index in [0.29, 0.717) is 0 Å². The summed E-state index contributed by atoms with van der Waals surface area (Å²) in [6.45, 7) is 6.78. The van der Waals surface area contributed by atoms with Gasteiger partial charge >= 0.3 is 0 Å². The molecule has 0 saturated heterocycles. The van der Waals surface area contributed by atoms with Gasteiger partial charge in [-0.1, -0.05) is 19.9 Å². The summed E-state index contributed by atoms with van der Waals surface area (Å²) in [5.41, 5.74) is 0. The average molecular weight is 211 g/mol. The van der Waals surface area contributed by atoms with E-state index in [1.54, 1.807) is 0 Å². The zero-order valence-corrected chi connectivity index (χ0v) is 10.1. The molecule has 1 heterocycles. The van der Waals surface area contributed by atoms with Crippen molar-refractivity contribution in [2.24, 2.45) is 5.92 Å². The number of hydrogen-bond acceptors (Lipinski definition) is 2. The van der Waals surface area contributed by atoms with Crippen LogP contribution in [0.4, 0.5) is 0 Å². The van der Waals surface area contributed by atoms with Crippen molar-refractivity contribution in [1.82, 2.24) is 5.32 Å². The van der Waals surface area contributed by atoms with Crippen molar-refractivity contribution in [3.05, 3.63) is 22.4 Å². The summed E-state index contributed by atoms with van der Waals surface area (Å²) in [5, 5.41) is 5.54. The monoisotopic (exact) mass is 211 g/mol. The fraction of sp³-hybridized carbons (Fsp3) is 0.667. The molecule has 0 aliphatic rings. The molecule has 1 nitrogen and oxygen atoms in total. The van der Waals surface area contributed by atoms with E-state index in [2.05, 4.69) is 36.7 Å². The van der Waals surface area contributed by atoms with Crippen LogP contribution in [0, 0.1) is 5.92 Å². The fourth-order valence-electron chi connectivity index (χ4n) is 1.51. The second kappa shape index (κ2) is 7.02. The first kappa shape index (κ1) is 11.7. The van der Waals surface area contributed by atoms with Gasteiger partial charge in [0.1, 0.15) is 0 Å². The van der Waals surface area contributed by atoms with E-state index in [0.717, 1.165) is 12.5 Å². The van der Waals surface area contributed by atoms with Gasteiger partial charge in [0.15, 0.2) is 0 Å². The quantitative estimate of drug-likeness (QED) is 0.682.